The third-order valence-corrected chi connectivity index (χ3v) is 5.13. The highest BCUT2D eigenvalue weighted by molar-refractivity contribution is 6.31. The van der Waals surface area contributed by atoms with Crippen molar-refractivity contribution in [2.24, 2.45) is 0 Å². The lowest BCUT2D eigenvalue weighted by molar-refractivity contribution is 0.0947. The molecule has 1 aliphatic rings. The molecule has 2 aromatic carbocycles. The first-order valence-electron chi connectivity index (χ1n) is 8.92. The minimum absolute atomic E-state index is 0.200. The quantitative estimate of drug-likeness (QED) is 0.721. The van der Waals surface area contributed by atoms with Crippen LogP contribution in [0.25, 0.3) is 10.9 Å². The van der Waals surface area contributed by atoms with Crippen LogP contribution in [0.5, 0.6) is 0 Å². The zero-order chi connectivity index (χ0) is 17.9. The van der Waals surface area contributed by atoms with Crippen LogP contribution in [-0.4, -0.2) is 34.1 Å². The van der Waals surface area contributed by atoms with E-state index in [0.717, 1.165) is 36.1 Å². The Morgan fingerprint density at radius 3 is 2.73 bits per heavy atom. The smallest absolute Gasteiger partial charge is 0.272 e. The molecule has 1 amide bonds. The number of carbonyl (C=O) groups excluding carboxylic acids is 1. The van der Waals surface area contributed by atoms with Gasteiger partial charge >= 0.3 is 0 Å². The maximum absolute atomic E-state index is 12.6. The van der Waals surface area contributed by atoms with E-state index in [1.165, 1.54) is 18.4 Å². The maximum Gasteiger partial charge on any atom is 0.272 e. The van der Waals surface area contributed by atoms with E-state index < -0.39 is 0 Å². The maximum atomic E-state index is 12.6. The molecular weight excluding hydrogens is 348 g/mol. The van der Waals surface area contributed by atoms with Crippen LogP contribution in [-0.2, 0) is 13.1 Å². The Labute approximate surface area is 157 Å². The number of fused-ring (bicyclic) bond motifs is 1. The molecule has 4 rings (SSSR count). The minimum Gasteiger partial charge on any atom is -0.347 e. The molecule has 0 spiro atoms. The number of hydrogen-bond donors (Lipinski definition) is 2. The molecule has 0 aliphatic carbocycles. The van der Waals surface area contributed by atoms with Crippen LogP contribution < -0.4 is 5.32 Å². The van der Waals surface area contributed by atoms with Crippen molar-refractivity contribution in [3.05, 3.63) is 64.3 Å². The monoisotopic (exact) mass is 368 g/mol. The van der Waals surface area contributed by atoms with Gasteiger partial charge in [0, 0.05) is 23.5 Å². The molecule has 1 saturated heterocycles. The normalized spacial score (nSPS) is 14.8. The molecule has 0 atom stereocenters. The lowest BCUT2D eigenvalue weighted by Gasteiger charge is -2.17. The number of nitrogens with zero attached hydrogens (tertiary/aromatic N) is 2. The zero-order valence-corrected chi connectivity index (χ0v) is 15.2. The number of aromatic amines is 1. The molecule has 2 heterocycles. The van der Waals surface area contributed by atoms with Gasteiger partial charge in [0.1, 0.15) is 0 Å². The summed E-state index contributed by atoms with van der Waals surface area (Å²) in [6, 6.07) is 13.6. The van der Waals surface area contributed by atoms with Crippen LogP contribution in [0.15, 0.2) is 42.5 Å². The number of likely N-dealkylation sites (tertiary alicyclic amines) is 1. The Morgan fingerprint density at radius 2 is 1.92 bits per heavy atom. The minimum atomic E-state index is -0.200. The summed E-state index contributed by atoms with van der Waals surface area (Å²) in [5.74, 6) is -0.200. The van der Waals surface area contributed by atoms with Crippen molar-refractivity contribution in [1.82, 2.24) is 20.4 Å². The van der Waals surface area contributed by atoms with Crippen molar-refractivity contribution in [2.45, 2.75) is 25.9 Å². The Bertz CT molecular complexity index is 930. The van der Waals surface area contributed by atoms with Gasteiger partial charge in [-0.2, -0.15) is 5.10 Å². The highest BCUT2D eigenvalue weighted by Gasteiger charge is 2.16. The van der Waals surface area contributed by atoms with Gasteiger partial charge in [-0.1, -0.05) is 35.9 Å². The summed E-state index contributed by atoms with van der Waals surface area (Å²) < 4.78 is 0. The van der Waals surface area contributed by atoms with Gasteiger partial charge in [0.15, 0.2) is 5.69 Å². The number of carbonyl (C=O) groups is 1. The molecule has 1 fully saturated rings. The SMILES string of the molecule is O=C(NCc1ccccc1CN1CCCC1)c1n[nH]c2ccc(Cl)cc12. The van der Waals surface area contributed by atoms with Crippen molar-refractivity contribution in [3.8, 4) is 0 Å². The van der Waals surface area contributed by atoms with E-state index >= 15 is 0 Å². The number of benzene rings is 2. The lowest BCUT2D eigenvalue weighted by Crippen LogP contribution is -2.25. The molecule has 134 valence electrons. The van der Waals surface area contributed by atoms with E-state index in [1.54, 1.807) is 12.1 Å². The summed E-state index contributed by atoms with van der Waals surface area (Å²) in [6.45, 7) is 3.73. The number of nitrogens with one attached hydrogen (secondary N) is 2. The fourth-order valence-corrected chi connectivity index (χ4v) is 3.66. The largest absolute Gasteiger partial charge is 0.347 e. The van der Waals surface area contributed by atoms with E-state index in [1.807, 2.05) is 12.1 Å². The Kier molecular flexibility index (Phi) is 4.91. The van der Waals surface area contributed by atoms with Crippen LogP contribution in [0.1, 0.15) is 34.5 Å². The molecular formula is C20H21ClN4O. The Hall–Kier alpha value is -2.37. The van der Waals surface area contributed by atoms with Gasteiger partial charge in [-0.3, -0.25) is 14.8 Å². The number of aromatic nitrogens is 2. The second-order valence-electron chi connectivity index (χ2n) is 6.70. The van der Waals surface area contributed by atoms with Crippen molar-refractivity contribution in [1.29, 1.82) is 0 Å². The van der Waals surface area contributed by atoms with Crippen LogP contribution in [0.2, 0.25) is 5.02 Å². The number of halogens is 1. The average Bonchev–Trinajstić information content (AvgIpc) is 3.30. The Morgan fingerprint density at radius 1 is 1.15 bits per heavy atom. The van der Waals surface area contributed by atoms with Gasteiger partial charge in [-0.05, 0) is 55.3 Å². The van der Waals surface area contributed by atoms with Gasteiger partial charge in [0.25, 0.3) is 5.91 Å². The summed E-state index contributed by atoms with van der Waals surface area (Å²) in [6.07, 6.45) is 2.54. The van der Waals surface area contributed by atoms with Gasteiger partial charge < -0.3 is 5.32 Å². The summed E-state index contributed by atoms with van der Waals surface area (Å²) in [5.41, 5.74) is 3.59. The summed E-state index contributed by atoms with van der Waals surface area (Å²) in [4.78, 5) is 15.1. The van der Waals surface area contributed by atoms with Crippen LogP contribution in [0.3, 0.4) is 0 Å². The third-order valence-electron chi connectivity index (χ3n) is 4.89. The molecule has 6 heteroatoms. The second kappa shape index (κ2) is 7.48. The van der Waals surface area contributed by atoms with E-state index in [0.29, 0.717) is 17.3 Å². The molecule has 0 unspecified atom stereocenters. The fourth-order valence-electron chi connectivity index (χ4n) is 3.48. The molecule has 0 bridgehead atoms. The summed E-state index contributed by atoms with van der Waals surface area (Å²) in [5, 5.41) is 11.3. The van der Waals surface area contributed by atoms with Crippen molar-refractivity contribution in [3.63, 3.8) is 0 Å². The van der Waals surface area contributed by atoms with Crippen molar-refractivity contribution >= 4 is 28.4 Å². The van der Waals surface area contributed by atoms with Crippen LogP contribution in [0, 0.1) is 0 Å². The molecule has 5 nitrogen and oxygen atoms in total. The first-order chi connectivity index (χ1) is 12.7. The van der Waals surface area contributed by atoms with Gasteiger partial charge in [0.05, 0.1) is 5.52 Å². The topological polar surface area (TPSA) is 61.0 Å². The molecule has 2 N–H and O–H groups in total. The number of rotatable bonds is 5. The molecule has 1 aromatic heterocycles. The molecule has 0 radical (unpaired) electrons. The standard InChI is InChI=1S/C20H21ClN4O/c21-16-7-8-18-17(11-16)19(24-23-18)20(26)22-12-14-5-1-2-6-15(14)13-25-9-3-4-10-25/h1-2,5-8,11H,3-4,9-10,12-13H2,(H,22,26)(H,23,24). The summed E-state index contributed by atoms with van der Waals surface area (Å²) >= 11 is 6.05. The Balaban J connectivity index is 1.48. The van der Waals surface area contributed by atoms with Crippen molar-refractivity contribution in [2.75, 3.05) is 13.1 Å². The first-order valence-corrected chi connectivity index (χ1v) is 9.29. The highest BCUT2D eigenvalue weighted by atomic mass is 35.5. The van der Waals surface area contributed by atoms with Gasteiger partial charge in [-0.15, -0.1) is 0 Å². The number of H-pyrrole nitrogens is 1. The van der Waals surface area contributed by atoms with Crippen LogP contribution in [0.4, 0.5) is 0 Å². The predicted molar refractivity (Wildman–Crippen MR) is 103 cm³/mol. The summed E-state index contributed by atoms with van der Waals surface area (Å²) in [7, 11) is 0. The van der Waals surface area contributed by atoms with E-state index in [4.69, 9.17) is 11.6 Å². The van der Waals surface area contributed by atoms with Crippen molar-refractivity contribution < 1.29 is 4.79 Å². The van der Waals surface area contributed by atoms with Gasteiger partial charge in [0.2, 0.25) is 0 Å². The van der Waals surface area contributed by atoms with Crippen LogP contribution >= 0.6 is 11.6 Å². The van der Waals surface area contributed by atoms with E-state index in [-0.39, 0.29) is 5.91 Å². The van der Waals surface area contributed by atoms with E-state index in [2.05, 4.69) is 38.6 Å². The predicted octanol–water partition coefficient (Wildman–Crippen LogP) is 3.74. The number of amides is 1. The van der Waals surface area contributed by atoms with E-state index in [9.17, 15) is 4.79 Å². The highest BCUT2D eigenvalue weighted by Crippen LogP contribution is 2.21. The zero-order valence-electron chi connectivity index (χ0n) is 14.5. The van der Waals surface area contributed by atoms with Gasteiger partial charge in [-0.25, -0.2) is 0 Å². The fraction of sp³-hybridized carbons (Fsp3) is 0.300. The third kappa shape index (κ3) is 3.59. The number of hydrogen-bond acceptors (Lipinski definition) is 3. The molecule has 26 heavy (non-hydrogen) atoms. The average molecular weight is 369 g/mol. The first kappa shape index (κ1) is 17.1. The molecule has 0 saturated carbocycles. The molecule has 1 aliphatic heterocycles. The molecule has 3 aromatic rings. The lowest BCUT2D eigenvalue weighted by atomic mass is 10.1. The second-order valence-corrected chi connectivity index (χ2v) is 7.13.